The predicted molar refractivity (Wildman–Crippen MR) is 84.7 cm³/mol. The van der Waals surface area contributed by atoms with Crippen molar-refractivity contribution in [3.8, 4) is 0 Å². The molecule has 2 rings (SSSR count). The van der Waals surface area contributed by atoms with Crippen LogP contribution in [0.15, 0.2) is 42.5 Å². The highest BCUT2D eigenvalue weighted by Crippen LogP contribution is 2.20. The third kappa shape index (κ3) is 3.58. The molecule has 3 heteroatoms. The summed E-state index contributed by atoms with van der Waals surface area (Å²) in [6.45, 7) is 4.93. The van der Waals surface area contributed by atoms with Crippen molar-refractivity contribution in [2.45, 2.75) is 32.9 Å². The van der Waals surface area contributed by atoms with Crippen LogP contribution in [-0.2, 0) is 6.54 Å². The van der Waals surface area contributed by atoms with Gasteiger partial charge in [-0.25, -0.2) is 0 Å². The van der Waals surface area contributed by atoms with E-state index in [9.17, 15) is 0 Å². The maximum absolute atomic E-state index is 6.04. The number of rotatable bonds is 5. The monoisotopic (exact) mass is 269 g/mol. The van der Waals surface area contributed by atoms with E-state index in [1.165, 1.54) is 11.3 Å². The minimum Gasteiger partial charge on any atom is -0.369 e. The predicted octanol–water partition coefficient (Wildman–Crippen LogP) is 3.44. The SMILES string of the molecule is CCC(N)c1ccc(N(C)Cc2cccc(C)n2)cc1. The molecule has 1 unspecified atom stereocenters. The van der Waals surface area contributed by atoms with Gasteiger partial charge in [0.25, 0.3) is 0 Å². The molecule has 0 aliphatic carbocycles. The summed E-state index contributed by atoms with van der Waals surface area (Å²) in [4.78, 5) is 6.73. The molecule has 2 N–H and O–H groups in total. The fourth-order valence-electron chi connectivity index (χ4n) is 2.23. The molecule has 1 aromatic heterocycles. The van der Waals surface area contributed by atoms with Gasteiger partial charge in [0.05, 0.1) is 12.2 Å². The molecule has 0 saturated carbocycles. The quantitative estimate of drug-likeness (QED) is 0.904. The van der Waals surface area contributed by atoms with Crippen molar-refractivity contribution in [2.24, 2.45) is 5.73 Å². The summed E-state index contributed by atoms with van der Waals surface area (Å²) in [5.74, 6) is 0. The Morgan fingerprint density at radius 2 is 1.85 bits per heavy atom. The van der Waals surface area contributed by atoms with Crippen LogP contribution >= 0.6 is 0 Å². The van der Waals surface area contributed by atoms with Crippen LogP contribution in [0.25, 0.3) is 0 Å². The summed E-state index contributed by atoms with van der Waals surface area (Å²) >= 11 is 0. The zero-order chi connectivity index (χ0) is 14.5. The smallest absolute Gasteiger partial charge is 0.0600 e. The number of nitrogens with zero attached hydrogens (tertiary/aromatic N) is 2. The number of nitrogens with two attached hydrogens (primary N) is 1. The van der Waals surface area contributed by atoms with Crippen LogP contribution in [0.2, 0.25) is 0 Å². The first-order valence-corrected chi connectivity index (χ1v) is 7.09. The molecule has 0 bridgehead atoms. The number of aryl methyl sites for hydroxylation is 1. The van der Waals surface area contributed by atoms with Crippen LogP contribution in [0.3, 0.4) is 0 Å². The highest BCUT2D eigenvalue weighted by atomic mass is 15.1. The normalized spacial score (nSPS) is 12.2. The summed E-state index contributed by atoms with van der Waals surface area (Å²) in [6, 6.07) is 14.7. The third-order valence-corrected chi connectivity index (χ3v) is 3.55. The van der Waals surface area contributed by atoms with Gasteiger partial charge in [-0.05, 0) is 43.2 Å². The molecule has 0 fully saturated rings. The standard InChI is InChI=1S/C17H23N3/c1-4-17(18)14-8-10-16(11-9-14)20(3)12-15-7-5-6-13(2)19-15/h5-11,17H,4,12,18H2,1-3H3. The van der Waals surface area contributed by atoms with Crippen LogP contribution in [0.4, 0.5) is 5.69 Å². The lowest BCUT2D eigenvalue weighted by Gasteiger charge is -2.20. The van der Waals surface area contributed by atoms with Crippen molar-refractivity contribution in [3.05, 3.63) is 59.4 Å². The minimum atomic E-state index is 0.132. The Morgan fingerprint density at radius 3 is 2.45 bits per heavy atom. The van der Waals surface area contributed by atoms with E-state index in [0.29, 0.717) is 0 Å². The Labute approximate surface area is 121 Å². The van der Waals surface area contributed by atoms with Gasteiger partial charge in [0.1, 0.15) is 0 Å². The zero-order valence-corrected chi connectivity index (χ0v) is 12.5. The highest BCUT2D eigenvalue weighted by molar-refractivity contribution is 5.47. The fourth-order valence-corrected chi connectivity index (χ4v) is 2.23. The molecule has 1 atom stereocenters. The second kappa shape index (κ2) is 6.53. The van der Waals surface area contributed by atoms with E-state index >= 15 is 0 Å². The average molecular weight is 269 g/mol. The first-order valence-electron chi connectivity index (χ1n) is 7.09. The molecule has 106 valence electrons. The van der Waals surface area contributed by atoms with Gasteiger partial charge in [-0.2, -0.15) is 0 Å². The molecule has 20 heavy (non-hydrogen) atoms. The number of hydrogen-bond donors (Lipinski definition) is 1. The van der Waals surface area contributed by atoms with Gasteiger partial charge in [0.2, 0.25) is 0 Å². The van der Waals surface area contributed by atoms with Gasteiger partial charge < -0.3 is 10.6 Å². The highest BCUT2D eigenvalue weighted by Gasteiger charge is 2.06. The zero-order valence-electron chi connectivity index (χ0n) is 12.5. The molecule has 0 radical (unpaired) electrons. The lowest BCUT2D eigenvalue weighted by atomic mass is 10.1. The molecule has 3 nitrogen and oxygen atoms in total. The molecule has 2 aromatic rings. The van der Waals surface area contributed by atoms with Crippen LogP contribution in [0.5, 0.6) is 0 Å². The second-order valence-electron chi connectivity index (χ2n) is 5.23. The van der Waals surface area contributed by atoms with Crippen molar-refractivity contribution in [1.29, 1.82) is 0 Å². The maximum atomic E-state index is 6.04. The van der Waals surface area contributed by atoms with Crippen LogP contribution in [0, 0.1) is 6.92 Å². The summed E-state index contributed by atoms with van der Waals surface area (Å²) in [5.41, 5.74) is 10.6. The molecule has 0 amide bonds. The van der Waals surface area contributed by atoms with E-state index in [0.717, 1.165) is 24.4 Å². The first-order chi connectivity index (χ1) is 9.60. The van der Waals surface area contributed by atoms with Crippen molar-refractivity contribution in [2.75, 3.05) is 11.9 Å². The van der Waals surface area contributed by atoms with Crippen LogP contribution < -0.4 is 10.6 Å². The molecule has 0 aliphatic heterocycles. The van der Waals surface area contributed by atoms with Crippen molar-refractivity contribution in [1.82, 2.24) is 4.98 Å². The Kier molecular flexibility index (Phi) is 4.74. The van der Waals surface area contributed by atoms with E-state index in [4.69, 9.17) is 5.73 Å². The molecular formula is C17H23N3. The summed E-state index contributed by atoms with van der Waals surface area (Å²) < 4.78 is 0. The van der Waals surface area contributed by atoms with Crippen molar-refractivity contribution < 1.29 is 0 Å². The molecule has 0 aliphatic rings. The number of hydrogen-bond acceptors (Lipinski definition) is 3. The van der Waals surface area contributed by atoms with Crippen LogP contribution in [0.1, 0.15) is 36.3 Å². The number of benzene rings is 1. The minimum absolute atomic E-state index is 0.132. The molecular weight excluding hydrogens is 246 g/mol. The molecule has 0 spiro atoms. The summed E-state index contributed by atoms with van der Waals surface area (Å²) in [6.07, 6.45) is 0.961. The fraction of sp³-hybridized carbons (Fsp3) is 0.353. The van der Waals surface area contributed by atoms with Gasteiger partial charge in [0, 0.05) is 24.5 Å². The van der Waals surface area contributed by atoms with E-state index in [2.05, 4.69) is 60.3 Å². The van der Waals surface area contributed by atoms with Gasteiger partial charge in [-0.1, -0.05) is 25.1 Å². The lowest BCUT2D eigenvalue weighted by molar-refractivity contribution is 0.698. The molecule has 0 saturated heterocycles. The van der Waals surface area contributed by atoms with E-state index < -0.39 is 0 Å². The Balaban J connectivity index is 2.07. The first kappa shape index (κ1) is 14.5. The number of anilines is 1. The molecule has 1 heterocycles. The largest absolute Gasteiger partial charge is 0.369 e. The third-order valence-electron chi connectivity index (χ3n) is 3.55. The number of pyridine rings is 1. The number of aromatic nitrogens is 1. The van der Waals surface area contributed by atoms with Gasteiger partial charge in [-0.15, -0.1) is 0 Å². The lowest BCUT2D eigenvalue weighted by Crippen LogP contribution is -2.17. The van der Waals surface area contributed by atoms with E-state index in [1.807, 2.05) is 13.0 Å². The Bertz CT molecular complexity index is 548. The van der Waals surface area contributed by atoms with Crippen molar-refractivity contribution >= 4 is 5.69 Å². The molecule has 1 aromatic carbocycles. The Hall–Kier alpha value is -1.87. The summed E-state index contributed by atoms with van der Waals surface area (Å²) in [7, 11) is 2.08. The van der Waals surface area contributed by atoms with E-state index in [1.54, 1.807) is 0 Å². The maximum Gasteiger partial charge on any atom is 0.0600 e. The van der Waals surface area contributed by atoms with E-state index in [-0.39, 0.29) is 6.04 Å². The van der Waals surface area contributed by atoms with Crippen LogP contribution in [-0.4, -0.2) is 12.0 Å². The Morgan fingerprint density at radius 1 is 1.15 bits per heavy atom. The second-order valence-corrected chi connectivity index (χ2v) is 5.23. The van der Waals surface area contributed by atoms with Gasteiger partial charge in [-0.3, -0.25) is 4.98 Å². The topological polar surface area (TPSA) is 42.1 Å². The van der Waals surface area contributed by atoms with Crippen molar-refractivity contribution in [3.63, 3.8) is 0 Å². The summed E-state index contributed by atoms with van der Waals surface area (Å²) in [5, 5.41) is 0. The van der Waals surface area contributed by atoms with Gasteiger partial charge in [0.15, 0.2) is 0 Å². The average Bonchev–Trinajstić information content (AvgIpc) is 2.46. The van der Waals surface area contributed by atoms with Gasteiger partial charge >= 0.3 is 0 Å².